The van der Waals surface area contributed by atoms with Crippen LogP contribution in [0, 0.1) is 0 Å². The molecule has 1 saturated carbocycles. The number of hydrogen-bond acceptors (Lipinski definition) is 4. The lowest BCUT2D eigenvalue weighted by Crippen LogP contribution is -2.32. The van der Waals surface area contributed by atoms with E-state index in [-0.39, 0.29) is 18.2 Å². The molecule has 1 aromatic rings. The van der Waals surface area contributed by atoms with Crippen molar-refractivity contribution >= 4 is 5.97 Å². The molecule has 0 unspecified atom stereocenters. The Balaban J connectivity index is 0.000000299. The number of carboxylic acid groups (broad SMARTS) is 1. The van der Waals surface area contributed by atoms with Gasteiger partial charge in [0.15, 0.2) is 0 Å². The smallest absolute Gasteiger partial charge is 0.303 e. The van der Waals surface area contributed by atoms with Crippen molar-refractivity contribution in [3.63, 3.8) is 0 Å². The second-order valence-corrected chi connectivity index (χ2v) is 6.56. The summed E-state index contributed by atoms with van der Waals surface area (Å²) in [5, 5.41) is 21.0. The van der Waals surface area contributed by atoms with Gasteiger partial charge in [0.1, 0.15) is 0 Å². The summed E-state index contributed by atoms with van der Waals surface area (Å²) in [7, 11) is 1.88. The second-order valence-electron chi connectivity index (χ2n) is 6.56. The third-order valence-corrected chi connectivity index (χ3v) is 4.43. The fourth-order valence-electron chi connectivity index (χ4n) is 2.91. The number of aliphatic carboxylic acids is 1. The highest BCUT2D eigenvalue weighted by atomic mass is 16.5. The summed E-state index contributed by atoms with van der Waals surface area (Å²) in [5.74, 6) is -0.675. The van der Waals surface area contributed by atoms with E-state index in [9.17, 15) is 9.90 Å². The molecule has 0 saturated heterocycles. The van der Waals surface area contributed by atoms with Gasteiger partial charge in [-0.25, -0.2) is 0 Å². The third kappa shape index (κ3) is 9.58. The lowest BCUT2D eigenvalue weighted by molar-refractivity contribution is -0.137. The van der Waals surface area contributed by atoms with Crippen molar-refractivity contribution in [2.75, 3.05) is 7.05 Å². The van der Waals surface area contributed by atoms with E-state index in [4.69, 9.17) is 9.84 Å². The van der Waals surface area contributed by atoms with Crippen LogP contribution in [0.5, 0.6) is 0 Å². The van der Waals surface area contributed by atoms with Crippen LogP contribution in [0.3, 0.4) is 0 Å². The van der Waals surface area contributed by atoms with Crippen molar-refractivity contribution in [1.82, 2.24) is 5.32 Å². The molecule has 1 aliphatic carbocycles. The minimum Gasteiger partial charge on any atom is -0.481 e. The molecule has 1 aliphatic rings. The van der Waals surface area contributed by atoms with E-state index in [1.807, 2.05) is 25.2 Å². The molecule has 0 heterocycles. The Hall–Kier alpha value is -1.43. The summed E-state index contributed by atoms with van der Waals surface area (Å²) < 4.78 is 5.79. The van der Waals surface area contributed by atoms with Crippen LogP contribution in [0.4, 0.5) is 0 Å². The Morgan fingerprint density at radius 2 is 1.92 bits per heavy atom. The van der Waals surface area contributed by atoms with Gasteiger partial charge in [0.25, 0.3) is 0 Å². The molecule has 0 bridgehead atoms. The first-order chi connectivity index (χ1) is 12.1. The molecule has 25 heavy (non-hydrogen) atoms. The average Bonchev–Trinajstić information content (AvgIpc) is 2.98. The maximum Gasteiger partial charge on any atom is 0.303 e. The molecular weight excluding hydrogens is 318 g/mol. The molecule has 3 atom stereocenters. The van der Waals surface area contributed by atoms with Crippen LogP contribution < -0.4 is 5.32 Å². The number of rotatable bonds is 9. The molecule has 5 heteroatoms. The zero-order valence-electron chi connectivity index (χ0n) is 15.5. The van der Waals surface area contributed by atoms with Crippen molar-refractivity contribution < 1.29 is 19.7 Å². The van der Waals surface area contributed by atoms with Crippen LogP contribution in [0.2, 0.25) is 0 Å². The van der Waals surface area contributed by atoms with Crippen LogP contribution in [-0.4, -0.2) is 41.5 Å². The van der Waals surface area contributed by atoms with Gasteiger partial charge in [-0.1, -0.05) is 56.5 Å². The van der Waals surface area contributed by atoms with Crippen molar-refractivity contribution in [1.29, 1.82) is 0 Å². The second kappa shape index (κ2) is 12.9. The van der Waals surface area contributed by atoms with E-state index in [2.05, 4.69) is 24.4 Å². The van der Waals surface area contributed by atoms with Gasteiger partial charge < -0.3 is 20.3 Å². The first kappa shape index (κ1) is 21.6. The quantitative estimate of drug-likeness (QED) is 0.595. The Labute approximate surface area is 151 Å². The maximum atomic E-state index is 9.96. The maximum absolute atomic E-state index is 9.96. The van der Waals surface area contributed by atoms with Crippen LogP contribution >= 0.6 is 0 Å². The zero-order chi connectivity index (χ0) is 18.5. The summed E-state index contributed by atoms with van der Waals surface area (Å²) in [5.41, 5.74) is 1.19. The van der Waals surface area contributed by atoms with Crippen molar-refractivity contribution in [3.05, 3.63) is 35.9 Å². The molecule has 3 N–H and O–H groups in total. The summed E-state index contributed by atoms with van der Waals surface area (Å²) in [6.45, 7) is 2.75. The van der Waals surface area contributed by atoms with Crippen LogP contribution in [0.15, 0.2) is 30.3 Å². The Morgan fingerprint density at radius 1 is 1.20 bits per heavy atom. The fraction of sp³-hybridized carbons (Fsp3) is 0.650. The lowest BCUT2D eigenvalue weighted by Gasteiger charge is -2.12. The molecule has 0 amide bonds. The number of carbonyl (C=O) groups is 1. The molecule has 5 nitrogen and oxygen atoms in total. The number of likely N-dealkylation sites (N-methyl/N-ethyl adjacent to an activating group) is 1. The van der Waals surface area contributed by atoms with Crippen LogP contribution in [0.25, 0.3) is 0 Å². The highest BCUT2D eigenvalue weighted by Crippen LogP contribution is 2.23. The minimum absolute atomic E-state index is 0.174. The standard InChI is InChI=1S/C13H19NO2.C7H14O2/c1-14-12-7-11(8-13(12)15)16-9-10-5-3-2-4-6-10;1-2-3-4-5-6-7(8)9/h2-6,11-15H,7-9H2,1H3;2-6H2,1H3,(H,8,9)/t11-,12-,13-;/m0./s1. The van der Waals surface area contributed by atoms with E-state index in [1.54, 1.807) is 0 Å². The molecular formula is C20H33NO4. The summed E-state index contributed by atoms with van der Waals surface area (Å²) in [6, 6.07) is 10.3. The summed E-state index contributed by atoms with van der Waals surface area (Å²) in [4.78, 5) is 9.96. The average molecular weight is 351 g/mol. The molecule has 1 aromatic carbocycles. The normalized spacial score (nSPS) is 22.3. The highest BCUT2D eigenvalue weighted by Gasteiger charge is 2.32. The first-order valence-corrected chi connectivity index (χ1v) is 9.29. The molecule has 0 radical (unpaired) electrons. The Morgan fingerprint density at radius 3 is 2.48 bits per heavy atom. The Bertz CT molecular complexity index is 466. The van der Waals surface area contributed by atoms with Crippen LogP contribution in [-0.2, 0) is 16.1 Å². The number of ether oxygens (including phenoxy) is 1. The number of aliphatic hydroxyl groups excluding tert-OH is 1. The van der Waals surface area contributed by atoms with Gasteiger partial charge in [-0.05, 0) is 25.5 Å². The summed E-state index contributed by atoms with van der Waals surface area (Å²) in [6.07, 6.45) is 6.08. The van der Waals surface area contributed by atoms with Gasteiger partial charge in [0, 0.05) is 18.9 Å². The Kier molecular flexibility index (Phi) is 11.1. The molecule has 0 spiro atoms. The SMILES string of the molecule is CCCCCCC(=O)O.CN[C@H]1C[C@H](OCc2ccccc2)C[C@@H]1O. The molecule has 0 aromatic heterocycles. The van der Waals surface area contributed by atoms with Crippen molar-refractivity contribution in [3.8, 4) is 0 Å². The van der Waals surface area contributed by atoms with E-state index < -0.39 is 5.97 Å². The van der Waals surface area contributed by atoms with Gasteiger partial charge in [-0.2, -0.15) is 0 Å². The fourth-order valence-corrected chi connectivity index (χ4v) is 2.91. The van der Waals surface area contributed by atoms with E-state index in [0.29, 0.717) is 13.0 Å². The number of nitrogens with one attached hydrogen (secondary N) is 1. The summed E-state index contributed by atoms with van der Waals surface area (Å²) >= 11 is 0. The molecule has 2 rings (SSSR count). The number of hydrogen-bond donors (Lipinski definition) is 3. The van der Waals surface area contributed by atoms with Crippen molar-refractivity contribution in [2.45, 2.75) is 76.7 Å². The lowest BCUT2D eigenvalue weighted by atomic mass is 10.2. The van der Waals surface area contributed by atoms with E-state index in [1.165, 1.54) is 12.0 Å². The topological polar surface area (TPSA) is 78.8 Å². The number of benzene rings is 1. The molecule has 0 aliphatic heterocycles. The van der Waals surface area contributed by atoms with Gasteiger partial charge >= 0.3 is 5.97 Å². The zero-order valence-corrected chi connectivity index (χ0v) is 15.5. The predicted molar refractivity (Wildman–Crippen MR) is 99.5 cm³/mol. The van der Waals surface area contributed by atoms with E-state index >= 15 is 0 Å². The number of aliphatic hydroxyl groups is 1. The van der Waals surface area contributed by atoms with E-state index in [0.717, 1.165) is 32.1 Å². The monoisotopic (exact) mass is 351 g/mol. The van der Waals surface area contributed by atoms with Gasteiger partial charge in [-0.3, -0.25) is 4.79 Å². The predicted octanol–water partition coefficient (Wildman–Crippen LogP) is 3.36. The number of unbranched alkanes of at least 4 members (excludes halogenated alkanes) is 3. The first-order valence-electron chi connectivity index (χ1n) is 9.29. The molecule has 142 valence electrons. The van der Waals surface area contributed by atoms with Crippen molar-refractivity contribution in [2.24, 2.45) is 0 Å². The largest absolute Gasteiger partial charge is 0.481 e. The number of carboxylic acids is 1. The third-order valence-electron chi connectivity index (χ3n) is 4.43. The molecule has 1 fully saturated rings. The highest BCUT2D eigenvalue weighted by molar-refractivity contribution is 5.66. The van der Waals surface area contributed by atoms with Gasteiger partial charge in [-0.15, -0.1) is 0 Å². The van der Waals surface area contributed by atoms with Gasteiger partial charge in [0.05, 0.1) is 18.8 Å². The van der Waals surface area contributed by atoms with Crippen LogP contribution in [0.1, 0.15) is 57.4 Å². The minimum atomic E-state index is -0.675. The van der Waals surface area contributed by atoms with Gasteiger partial charge in [0.2, 0.25) is 0 Å².